The monoisotopic (exact) mass is 170 g/mol. The molecule has 0 aliphatic carbocycles. The Labute approximate surface area is 80.7 Å². The first-order valence-corrected chi connectivity index (χ1v) is 4.67. The van der Waals surface area contributed by atoms with E-state index in [9.17, 15) is 0 Å². The molecule has 0 fully saturated rings. The summed E-state index contributed by atoms with van der Waals surface area (Å²) in [6.45, 7) is 3.89. The van der Waals surface area contributed by atoms with Crippen molar-refractivity contribution in [1.29, 1.82) is 0 Å². The van der Waals surface area contributed by atoms with Crippen molar-refractivity contribution in [2.24, 2.45) is 0 Å². The SMILES string of the molecule is [CH2]CCc1cccc2ccccc12.[H+]. The van der Waals surface area contributed by atoms with Crippen molar-refractivity contribution in [3.63, 3.8) is 0 Å². The summed E-state index contributed by atoms with van der Waals surface area (Å²) in [4.78, 5) is 0. The molecule has 2 aromatic carbocycles. The van der Waals surface area contributed by atoms with Crippen molar-refractivity contribution >= 4 is 10.8 Å². The fraction of sp³-hybridized carbons (Fsp3) is 0.154. The quantitative estimate of drug-likeness (QED) is 0.644. The zero-order chi connectivity index (χ0) is 9.10. The molecule has 2 aromatic rings. The molecule has 0 N–H and O–H groups in total. The van der Waals surface area contributed by atoms with Crippen LogP contribution in [-0.2, 0) is 6.42 Å². The molecule has 0 nitrogen and oxygen atoms in total. The van der Waals surface area contributed by atoms with Gasteiger partial charge in [-0.2, -0.15) is 0 Å². The molecule has 0 amide bonds. The van der Waals surface area contributed by atoms with Crippen molar-refractivity contribution in [3.05, 3.63) is 55.0 Å². The summed E-state index contributed by atoms with van der Waals surface area (Å²) in [6, 6.07) is 15.0. The van der Waals surface area contributed by atoms with Gasteiger partial charge in [-0.1, -0.05) is 49.4 Å². The maximum Gasteiger partial charge on any atom is 1.00 e. The molecule has 1 radical (unpaired) electrons. The summed E-state index contributed by atoms with van der Waals surface area (Å²) in [6.07, 6.45) is 2.04. The number of hydrogen-bond donors (Lipinski definition) is 0. The van der Waals surface area contributed by atoms with E-state index in [0.717, 1.165) is 12.8 Å². The molecular weight excluding hydrogens is 156 g/mol. The van der Waals surface area contributed by atoms with Gasteiger partial charge < -0.3 is 0 Å². The van der Waals surface area contributed by atoms with Crippen LogP contribution in [0.15, 0.2) is 42.5 Å². The van der Waals surface area contributed by atoms with Gasteiger partial charge in [-0.25, -0.2) is 0 Å². The summed E-state index contributed by atoms with van der Waals surface area (Å²) in [5, 5.41) is 2.70. The molecule has 0 unspecified atom stereocenters. The van der Waals surface area contributed by atoms with Crippen LogP contribution in [0, 0.1) is 6.92 Å². The smallest absolute Gasteiger partial charge is 0.0616 e. The maximum atomic E-state index is 3.89. The molecular formula is C13H14+. The van der Waals surface area contributed by atoms with Crippen LogP contribution in [-0.4, -0.2) is 0 Å². The van der Waals surface area contributed by atoms with Gasteiger partial charge in [-0.05, 0) is 29.2 Å². The van der Waals surface area contributed by atoms with Crippen molar-refractivity contribution < 1.29 is 1.43 Å². The first-order valence-electron chi connectivity index (χ1n) is 4.67. The fourth-order valence-electron chi connectivity index (χ4n) is 1.70. The van der Waals surface area contributed by atoms with Crippen LogP contribution in [0.3, 0.4) is 0 Å². The average molecular weight is 170 g/mol. The van der Waals surface area contributed by atoms with Gasteiger partial charge in [0.15, 0.2) is 0 Å². The van der Waals surface area contributed by atoms with E-state index >= 15 is 0 Å². The molecule has 65 valence electrons. The second kappa shape index (κ2) is 3.61. The van der Waals surface area contributed by atoms with Gasteiger partial charge in [0.1, 0.15) is 0 Å². The lowest BCUT2D eigenvalue weighted by Crippen LogP contribution is -1.84. The standard InChI is InChI=1S/C13H13/c1-2-6-11-8-5-9-12-7-3-4-10-13(11)12/h3-5,7-10H,1-2,6H2/p+1. The van der Waals surface area contributed by atoms with Crippen LogP contribution >= 0.6 is 0 Å². The lowest BCUT2D eigenvalue weighted by Gasteiger charge is -2.03. The van der Waals surface area contributed by atoms with E-state index < -0.39 is 0 Å². The molecule has 0 aromatic heterocycles. The minimum absolute atomic E-state index is 0. The Hall–Kier alpha value is -1.30. The lowest BCUT2D eigenvalue weighted by atomic mass is 10.0. The molecule has 2 rings (SSSR count). The molecule has 0 aliphatic rings. The first kappa shape index (κ1) is 8.31. The molecule has 0 saturated heterocycles. The van der Waals surface area contributed by atoms with Crippen LogP contribution in [0.4, 0.5) is 0 Å². The number of fused-ring (bicyclic) bond motifs is 1. The molecule has 0 heterocycles. The highest BCUT2D eigenvalue weighted by Gasteiger charge is 1.97. The Morgan fingerprint density at radius 1 is 1.00 bits per heavy atom. The third-order valence-corrected chi connectivity index (χ3v) is 2.33. The first-order chi connectivity index (χ1) is 6.42. The van der Waals surface area contributed by atoms with Crippen molar-refractivity contribution in [3.8, 4) is 0 Å². The maximum absolute atomic E-state index is 3.89. The largest absolute Gasteiger partial charge is 1.00 e. The van der Waals surface area contributed by atoms with Crippen molar-refractivity contribution in [2.75, 3.05) is 0 Å². The molecule has 0 bridgehead atoms. The van der Waals surface area contributed by atoms with E-state index in [2.05, 4.69) is 49.4 Å². The highest BCUT2D eigenvalue weighted by atomic mass is 14.0. The predicted octanol–water partition coefficient (Wildman–Crippen LogP) is 3.72. The van der Waals surface area contributed by atoms with Crippen LogP contribution in [0.1, 0.15) is 13.4 Å². The van der Waals surface area contributed by atoms with Crippen LogP contribution in [0.2, 0.25) is 0 Å². The van der Waals surface area contributed by atoms with Gasteiger partial charge in [0.2, 0.25) is 0 Å². The highest BCUT2D eigenvalue weighted by Crippen LogP contribution is 2.19. The fourth-order valence-corrected chi connectivity index (χ4v) is 1.70. The van der Waals surface area contributed by atoms with Gasteiger partial charge in [0, 0.05) is 0 Å². The second-order valence-electron chi connectivity index (χ2n) is 3.24. The van der Waals surface area contributed by atoms with Gasteiger partial charge in [0.05, 0.1) is 0 Å². The molecule has 13 heavy (non-hydrogen) atoms. The Balaban J connectivity index is 0.000000980. The van der Waals surface area contributed by atoms with E-state index in [1.54, 1.807) is 0 Å². The van der Waals surface area contributed by atoms with E-state index in [0.29, 0.717) is 0 Å². The van der Waals surface area contributed by atoms with Gasteiger partial charge >= 0.3 is 1.43 Å². The normalized spacial score (nSPS) is 10.5. The number of rotatable bonds is 2. The number of hydrogen-bond acceptors (Lipinski definition) is 0. The Morgan fingerprint density at radius 2 is 1.77 bits per heavy atom. The van der Waals surface area contributed by atoms with Gasteiger partial charge in [0.25, 0.3) is 0 Å². The Morgan fingerprint density at radius 3 is 2.62 bits per heavy atom. The predicted molar refractivity (Wildman–Crippen MR) is 58.7 cm³/mol. The van der Waals surface area contributed by atoms with Gasteiger partial charge in [-0.15, -0.1) is 0 Å². The van der Waals surface area contributed by atoms with Crippen LogP contribution < -0.4 is 0 Å². The Bertz CT molecular complexity index is 401. The highest BCUT2D eigenvalue weighted by molar-refractivity contribution is 5.85. The minimum Gasteiger partial charge on any atom is -0.0616 e. The summed E-state index contributed by atoms with van der Waals surface area (Å²) in [5.41, 5.74) is 1.41. The number of aryl methyl sites for hydroxylation is 1. The summed E-state index contributed by atoms with van der Waals surface area (Å²) >= 11 is 0. The van der Waals surface area contributed by atoms with E-state index in [-0.39, 0.29) is 1.43 Å². The molecule has 0 atom stereocenters. The van der Waals surface area contributed by atoms with E-state index in [4.69, 9.17) is 0 Å². The third-order valence-electron chi connectivity index (χ3n) is 2.33. The van der Waals surface area contributed by atoms with Crippen LogP contribution in [0.5, 0.6) is 0 Å². The van der Waals surface area contributed by atoms with Crippen molar-refractivity contribution in [1.82, 2.24) is 0 Å². The number of benzene rings is 2. The van der Waals surface area contributed by atoms with E-state index in [1.807, 2.05) is 0 Å². The Kier molecular flexibility index (Phi) is 2.31. The molecule has 0 aliphatic heterocycles. The molecule has 0 spiro atoms. The van der Waals surface area contributed by atoms with Crippen LogP contribution in [0.25, 0.3) is 10.8 Å². The third kappa shape index (κ3) is 1.57. The summed E-state index contributed by atoms with van der Waals surface area (Å²) in [7, 11) is 0. The molecule has 0 heteroatoms. The molecule has 0 saturated carbocycles. The second-order valence-corrected chi connectivity index (χ2v) is 3.24. The van der Waals surface area contributed by atoms with Crippen molar-refractivity contribution in [2.45, 2.75) is 12.8 Å². The van der Waals surface area contributed by atoms with E-state index in [1.165, 1.54) is 16.3 Å². The average Bonchev–Trinajstić information content (AvgIpc) is 2.19. The summed E-state index contributed by atoms with van der Waals surface area (Å²) in [5.74, 6) is 0. The zero-order valence-corrected chi connectivity index (χ0v) is 7.66. The topological polar surface area (TPSA) is 0 Å². The lowest BCUT2D eigenvalue weighted by molar-refractivity contribution is 1.01. The summed E-state index contributed by atoms with van der Waals surface area (Å²) < 4.78 is 0. The minimum atomic E-state index is 0. The van der Waals surface area contributed by atoms with Gasteiger partial charge in [-0.3, -0.25) is 0 Å². The zero-order valence-electron chi connectivity index (χ0n) is 8.66.